The van der Waals surface area contributed by atoms with E-state index in [1.54, 1.807) is 29.6 Å². The number of aliphatic hydroxyl groups is 1. The zero-order chi connectivity index (χ0) is 21.6. The van der Waals surface area contributed by atoms with Gasteiger partial charge in [-0.15, -0.1) is 0 Å². The van der Waals surface area contributed by atoms with Gasteiger partial charge in [-0.2, -0.15) is 21.9 Å². The molecule has 2 rings (SSSR count). The third kappa shape index (κ3) is 6.78. The molecular weight excluding hydrogens is 413 g/mol. The van der Waals surface area contributed by atoms with Gasteiger partial charge in [-0.1, -0.05) is 30.3 Å². The normalized spacial score (nSPS) is 13.9. The Hall–Kier alpha value is -2.54. The van der Waals surface area contributed by atoms with Crippen molar-refractivity contribution in [2.24, 2.45) is 5.14 Å². The first-order valence-electron chi connectivity index (χ1n) is 8.26. The minimum absolute atomic E-state index is 0.0702. The number of nitrogens with one attached hydrogen (secondary N) is 2. The Bertz CT molecular complexity index is 925. The number of hydrogen-bond donors (Lipinski definition) is 4. The Kier molecular flexibility index (Phi) is 7.67. The zero-order valence-electron chi connectivity index (χ0n) is 14.9. The topological polar surface area (TPSA) is 134 Å². The van der Waals surface area contributed by atoms with Crippen LogP contribution in [0.2, 0.25) is 0 Å². The molecule has 8 nitrogen and oxygen atoms in total. The monoisotopic (exact) mass is 432 g/mol. The highest BCUT2D eigenvalue weighted by Crippen LogP contribution is 2.23. The lowest BCUT2D eigenvalue weighted by atomic mass is 9.99. The maximum atomic E-state index is 13.1. The Balaban J connectivity index is 2.08. The summed E-state index contributed by atoms with van der Waals surface area (Å²) in [6.45, 7) is -1.29. The van der Waals surface area contributed by atoms with E-state index >= 15 is 0 Å². The third-order valence-electron chi connectivity index (χ3n) is 3.94. The van der Waals surface area contributed by atoms with Gasteiger partial charge in [0.15, 0.2) is 0 Å². The van der Waals surface area contributed by atoms with Crippen LogP contribution in [0.1, 0.15) is 17.4 Å². The zero-order valence-corrected chi connectivity index (χ0v) is 15.7. The molecule has 0 unspecified atom stereocenters. The van der Waals surface area contributed by atoms with E-state index in [4.69, 9.17) is 5.14 Å². The first kappa shape index (κ1) is 22.7. The van der Waals surface area contributed by atoms with Crippen LogP contribution in [0.15, 0.2) is 42.6 Å². The molecule has 5 N–H and O–H groups in total. The van der Waals surface area contributed by atoms with Gasteiger partial charge in [0.1, 0.15) is 12.8 Å². The van der Waals surface area contributed by atoms with Crippen LogP contribution >= 0.6 is 0 Å². The summed E-state index contributed by atoms with van der Waals surface area (Å²) in [6, 6.07) is 7.90. The van der Waals surface area contributed by atoms with Gasteiger partial charge in [-0.25, -0.2) is 9.53 Å². The third-order valence-corrected chi connectivity index (χ3v) is 4.48. The van der Waals surface area contributed by atoms with Crippen molar-refractivity contribution >= 4 is 16.1 Å². The molecule has 1 aromatic heterocycles. The van der Waals surface area contributed by atoms with E-state index in [9.17, 15) is 31.5 Å². The maximum absolute atomic E-state index is 13.1. The molecule has 0 aliphatic carbocycles. The molecule has 2 atom stereocenters. The van der Waals surface area contributed by atoms with Crippen molar-refractivity contribution in [2.45, 2.75) is 25.1 Å². The van der Waals surface area contributed by atoms with Crippen LogP contribution in [0.3, 0.4) is 0 Å². The Morgan fingerprint density at radius 2 is 1.76 bits per heavy atom. The summed E-state index contributed by atoms with van der Waals surface area (Å²) >= 11 is 0. The predicted octanol–water partition coefficient (Wildman–Crippen LogP) is 0.795. The van der Waals surface area contributed by atoms with E-state index in [0.717, 1.165) is 0 Å². The second-order valence-electron chi connectivity index (χ2n) is 6.04. The molecule has 0 aliphatic rings. The molecule has 29 heavy (non-hydrogen) atoms. The standard InChI is InChI=1S/C17H19F3N4O4S/c18-7-14(24-17(26)16(19)20)15(25)11-3-1-10(2-4-11)12-5-6-13(22-8-12)9-23-29(21,27)28/h1-6,8,14-16,23,25H,7,9H2,(H,24,26)(H2,21,27,28)/t14-,15+/m1/s1. The van der Waals surface area contributed by atoms with Crippen LogP contribution in [0.25, 0.3) is 11.1 Å². The number of halogens is 3. The van der Waals surface area contributed by atoms with Crippen LogP contribution in [-0.2, 0) is 21.5 Å². The van der Waals surface area contributed by atoms with Crippen molar-refractivity contribution in [1.82, 2.24) is 15.0 Å². The fourth-order valence-corrected chi connectivity index (χ4v) is 2.78. The minimum Gasteiger partial charge on any atom is -0.386 e. The first-order chi connectivity index (χ1) is 13.6. The molecule has 0 fully saturated rings. The first-order valence-corrected chi connectivity index (χ1v) is 9.80. The quantitative estimate of drug-likeness (QED) is 0.465. The number of carbonyl (C=O) groups is 1. The van der Waals surface area contributed by atoms with Gasteiger partial charge < -0.3 is 10.4 Å². The van der Waals surface area contributed by atoms with E-state index < -0.39 is 41.4 Å². The lowest BCUT2D eigenvalue weighted by Crippen LogP contribution is -2.43. The molecule has 0 radical (unpaired) electrons. The SMILES string of the molecule is NS(=O)(=O)NCc1ccc(-c2ccc([C@H](O)[C@@H](CF)NC(=O)C(F)F)cc2)cn1. The second-order valence-corrected chi connectivity index (χ2v) is 7.42. The Labute approximate surface area is 165 Å². The fraction of sp³-hybridized carbons (Fsp3) is 0.294. The molecule has 0 spiro atoms. The number of amides is 1. The smallest absolute Gasteiger partial charge is 0.315 e. The summed E-state index contributed by atoms with van der Waals surface area (Å²) in [5, 5.41) is 16.8. The number of alkyl halides is 3. The van der Waals surface area contributed by atoms with E-state index in [0.29, 0.717) is 16.8 Å². The molecule has 1 amide bonds. The summed E-state index contributed by atoms with van der Waals surface area (Å²) < 4.78 is 61.5. The molecule has 1 heterocycles. The van der Waals surface area contributed by atoms with E-state index in [-0.39, 0.29) is 12.1 Å². The number of hydrogen-bond acceptors (Lipinski definition) is 5. The number of nitrogens with two attached hydrogens (primary N) is 1. The highest BCUT2D eigenvalue weighted by atomic mass is 32.2. The van der Waals surface area contributed by atoms with Gasteiger partial charge >= 0.3 is 6.43 Å². The van der Waals surface area contributed by atoms with Crippen LogP contribution in [-0.4, -0.2) is 43.6 Å². The fourth-order valence-electron chi connectivity index (χ4n) is 2.43. The van der Waals surface area contributed by atoms with E-state index in [1.165, 1.54) is 18.3 Å². The van der Waals surface area contributed by atoms with Gasteiger partial charge in [0, 0.05) is 11.8 Å². The minimum atomic E-state index is -3.83. The highest BCUT2D eigenvalue weighted by Gasteiger charge is 2.26. The average molecular weight is 432 g/mol. The molecule has 12 heteroatoms. The average Bonchev–Trinajstić information content (AvgIpc) is 2.69. The van der Waals surface area contributed by atoms with Crippen molar-refractivity contribution in [3.05, 3.63) is 53.9 Å². The molecule has 158 valence electrons. The number of benzene rings is 1. The maximum Gasteiger partial charge on any atom is 0.315 e. The molecule has 2 aromatic rings. The van der Waals surface area contributed by atoms with Crippen molar-refractivity contribution < 1.29 is 31.5 Å². The molecule has 0 saturated heterocycles. The van der Waals surface area contributed by atoms with Gasteiger partial charge in [0.25, 0.3) is 16.1 Å². The molecule has 0 bridgehead atoms. The number of pyridine rings is 1. The Morgan fingerprint density at radius 1 is 1.14 bits per heavy atom. The van der Waals surface area contributed by atoms with Crippen LogP contribution < -0.4 is 15.2 Å². The number of rotatable bonds is 9. The largest absolute Gasteiger partial charge is 0.386 e. The van der Waals surface area contributed by atoms with Crippen molar-refractivity contribution in [3.8, 4) is 11.1 Å². The van der Waals surface area contributed by atoms with E-state index in [1.807, 2.05) is 0 Å². The summed E-state index contributed by atoms with van der Waals surface area (Å²) in [4.78, 5) is 15.1. The van der Waals surface area contributed by atoms with Gasteiger partial charge in [0.2, 0.25) is 0 Å². The second kappa shape index (κ2) is 9.78. The molecule has 0 aliphatic heterocycles. The van der Waals surface area contributed by atoms with Gasteiger partial charge in [0.05, 0.1) is 18.3 Å². The van der Waals surface area contributed by atoms with Gasteiger partial charge in [-0.05, 0) is 17.2 Å². The molecule has 0 saturated carbocycles. The molecular formula is C17H19F3N4O4S. The molecule has 1 aromatic carbocycles. The van der Waals surface area contributed by atoms with Crippen LogP contribution in [0.5, 0.6) is 0 Å². The number of aromatic nitrogens is 1. The number of nitrogens with zero attached hydrogens (tertiary/aromatic N) is 1. The summed E-state index contributed by atoms with van der Waals surface area (Å²) in [6.07, 6.45) is -3.32. The summed E-state index contributed by atoms with van der Waals surface area (Å²) in [5.41, 5.74) is 2.04. The van der Waals surface area contributed by atoms with Crippen LogP contribution in [0.4, 0.5) is 13.2 Å². The van der Waals surface area contributed by atoms with Crippen molar-refractivity contribution in [1.29, 1.82) is 0 Å². The van der Waals surface area contributed by atoms with Gasteiger partial charge in [-0.3, -0.25) is 9.78 Å². The summed E-state index contributed by atoms with van der Waals surface area (Å²) in [7, 11) is -3.83. The van der Waals surface area contributed by atoms with Crippen molar-refractivity contribution in [3.63, 3.8) is 0 Å². The lowest BCUT2D eigenvalue weighted by molar-refractivity contribution is -0.133. The predicted molar refractivity (Wildman–Crippen MR) is 98.5 cm³/mol. The van der Waals surface area contributed by atoms with Crippen LogP contribution in [0, 0.1) is 0 Å². The summed E-state index contributed by atoms with van der Waals surface area (Å²) in [5.74, 6) is -1.66. The number of aliphatic hydroxyl groups excluding tert-OH is 1. The number of carbonyl (C=O) groups excluding carboxylic acids is 1. The van der Waals surface area contributed by atoms with E-state index in [2.05, 4.69) is 9.71 Å². The van der Waals surface area contributed by atoms with Crippen molar-refractivity contribution in [2.75, 3.05) is 6.67 Å². The highest BCUT2D eigenvalue weighted by molar-refractivity contribution is 7.87. The lowest BCUT2D eigenvalue weighted by Gasteiger charge is -2.22. The Morgan fingerprint density at radius 3 is 2.24 bits per heavy atom.